The van der Waals surface area contributed by atoms with Gasteiger partial charge in [0.25, 0.3) is 0 Å². The highest BCUT2D eigenvalue weighted by Crippen LogP contribution is 2.34. The minimum atomic E-state index is -0.357. The molecule has 1 fully saturated rings. The summed E-state index contributed by atoms with van der Waals surface area (Å²) < 4.78 is 0. The van der Waals surface area contributed by atoms with Gasteiger partial charge in [0.1, 0.15) is 0 Å². The molecule has 0 aromatic heterocycles. The first-order valence-corrected chi connectivity index (χ1v) is 6.92. The van der Waals surface area contributed by atoms with Gasteiger partial charge in [0.2, 0.25) is 0 Å². The lowest BCUT2D eigenvalue weighted by molar-refractivity contribution is 0.119. The summed E-state index contributed by atoms with van der Waals surface area (Å²) in [5.41, 5.74) is 1.41. The summed E-state index contributed by atoms with van der Waals surface area (Å²) in [6, 6.07) is 9.96. The normalized spacial score (nSPS) is 23.2. The fourth-order valence-corrected chi connectivity index (χ4v) is 2.73. The molecule has 18 heavy (non-hydrogen) atoms. The molecule has 1 heterocycles. The molecule has 2 rings (SSSR count). The maximum atomic E-state index is 10.2. The van der Waals surface area contributed by atoms with Gasteiger partial charge >= 0.3 is 0 Å². The van der Waals surface area contributed by atoms with Crippen molar-refractivity contribution in [2.24, 2.45) is 11.3 Å². The van der Waals surface area contributed by atoms with E-state index in [0.29, 0.717) is 5.41 Å². The number of aliphatic hydroxyl groups excluding tert-OH is 1. The molecule has 1 N–H and O–H groups in total. The molecule has 2 unspecified atom stereocenters. The van der Waals surface area contributed by atoms with Gasteiger partial charge in [-0.05, 0) is 29.9 Å². The molecule has 0 bridgehead atoms. The summed E-state index contributed by atoms with van der Waals surface area (Å²) in [5, 5.41) is 10.2. The number of β-amino-alcohol motifs (C(OH)–C–C–N with tert-alkyl or cyclic N) is 1. The molecule has 0 saturated carbocycles. The lowest BCUT2D eigenvalue weighted by Crippen LogP contribution is -2.29. The highest BCUT2D eigenvalue weighted by atomic mass is 16.3. The predicted octanol–water partition coefficient (Wildman–Crippen LogP) is 3.09. The van der Waals surface area contributed by atoms with E-state index in [2.05, 4.69) is 25.7 Å². The molecule has 1 aliphatic heterocycles. The van der Waals surface area contributed by atoms with Crippen LogP contribution in [0.25, 0.3) is 0 Å². The van der Waals surface area contributed by atoms with Gasteiger partial charge in [-0.15, -0.1) is 0 Å². The van der Waals surface area contributed by atoms with E-state index in [1.807, 2.05) is 30.3 Å². The number of likely N-dealkylation sites (tertiary alicyclic amines) is 1. The predicted molar refractivity (Wildman–Crippen MR) is 75.4 cm³/mol. The van der Waals surface area contributed by atoms with Gasteiger partial charge in [-0.25, -0.2) is 0 Å². The summed E-state index contributed by atoms with van der Waals surface area (Å²) >= 11 is 0. The van der Waals surface area contributed by atoms with Crippen LogP contribution in [0.4, 0.5) is 0 Å². The van der Waals surface area contributed by atoms with Gasteiger partial charge in [0.15, 0.2) is 0 Å². The second-order valence-corrected chi connectivity index (χ2v) is 6.54. The average Bonchev–Trinajstić information content (AvgIpc) is 2.78. The monoisotopic (exact) mass is 247 g/mol. The Morgan fingerprint density at radius 1 is 1.28 bits per heavy atom. The first-order valence-electron chi connectivity index (χ1n) is 6.92. The van der Waals surface area contributed by atoms with Crippen LogP contribution < -0.4 is 0 Å². The SMILES string of the molecule is CC(C)(C)C1CCN(CC(O)c2ccccc2)C1. The summed E-state index contributed by atoms with van der Waals surface area (Å²) in [7, 11) is 0. The molecule has 1 aromatic carbocycles. The Hall–Kier alpha value is -0.860. The number of benzene rings is 1. The van der Waals surface area contributed by atoms with Crippen molar-refractivity contribution in [3.8, 4) is 0 Å². The van der Waals surface area contributed by atoms with Crippen molar-refractivity contribution in [2.75, 3.05) is 19.6 Å². The first-order chi connectivity index (χ1) is 8.47. The van der Waals surface area contributed by atoms with E-state index in [0.717, 1.165) is 31.1 Å². The van der Waals surface area contributed by atoms with Crippen LogP contribution in [-0.2, 0) is 0 Å². The third-order valence-electron chi connectivity index (χ3n) is 4.11. The minimum Gasteiger partial charge on any atom is -0.387 e. The smallest absolute Gasteiger partial charge is 0.0916 e. The van der Waals surface area contributed by atoms with Crippen molar-refractivity contribution in [1.82, 2.24) is 4.90 Å². The molecular weight excluding hydrogens is 222 g/mol. The van der Waals surface area contributed by atoms with Gasteiger partial charge < -0.3 is 10.0 Å². The van der Waals surface area contributed by atoms with E-state index >= 15 is 0 Å². The van der Waals surface area contributed by atoms with Gasteiger partial charge in [0, 0.05) is 13.1 Å². The third kappa shape index (κ3) is 3.33. The minimum absolute atomic E-state index is 0.357. The zero-order valence-corrected chi connectivity index (χ0v) is 11.8. The Balaban J connectivity index is 1.89. The molecule has 1 saturated heterocycles. The van der Waals surface area contributed by atoms with Crippen LogP contribution in [0, 0.1) is 11.3 Å². The van der Waals surface area contributed by atoms with Crippen LogP contribution in [0.5, 0.6) is 0 Å². The zero-order valence-electron chi connectivity index (χ0n) is 11.8. The summed E-state index contributed by atoms with van der Waals surface area (Å²) in [4.78, 5) is 2.40. The number of hydrogen-bond donors (Lipinski definition) is 1. The molecule has 1 aromatic rings. The number of aliphatic hydroxyl groups is 1. The van der Waals surface area contributed by atoms with Crippen molar-refractivity contribution >= 4 is 0 Å². The van der Waals surface area contributed by atoms with Crippen LogP contribution >= 0.6 is 0 Å². The van der Waals surface area contributed by atoms with Gasteiger partial charge in [-0.3, -0.25) is 0 Å². The van der Waals surface area contributed by atoms with Crippen molar-refractivity contribution in [3.05, 3.63) is 35.9 Å². The molecule has 2 nitrogen and oxygen atoms in total. The standard InChI is InChI=1S/C16H25NO/c1-16(2,3)14-9-10-17(11-14)12-15(18)13-7-5-4-6-8-13/h4-8,14-15,18H,9-12H2,1-3H3. The molecular formula is C16H25NO. The Bertz CT molecular complexity index is 368. The third-order valence-corrected chi connectivity index (χ3v) is 4.11. The number of rotatable bonds is 3. The fraction of sp³-hybridized carbons (Fsp3) is 0.625. The molecule has 0 spiro atoms. The van der Waals surface area contributed by atoms with Gasteiger partial charge in [-0.2, -0.15) is 0 Å². The highest BCUT2D eigenvalue weighted by Gasteiger charge is 2.32. The second-order valence-electron chi connectivity index (χ2n) is 6.54. The molecule has 1 aliphatic rings. The van der Waals surface area contributed by atoms with Crippen molar-refractivity contribution < 1.29 is 5.11 Å². The topological polar surface area (TPSA) is 23.5 Å². The van der Waals surface area contributed by atoms with E-state index in [-0.39, 0.29) is 6.10 Å². The maximum Gasteiger partial charge on any atom is 0.0916 e. The Morgan fingerprint density at radius 2 is 1.94 bits per heavy atom. The quantitative estimate of drug-likeness (QED) is 0.887. The van der Waals surface area contributed by atoms with Crippen molar-refractivity contribution in [2.45, 2.75) is 33.3 Å². The van der Waals surface area contributed by atoms with E-state index in [1.165, 1.54) is 6.42 Å². The molecule has 0 aliphatic carbocycles. The van der Waals surface area contributed by atoms with Crippen LogP contribution in [0.2, 0.25) is 0 Å². The van der Waals surface area contributed by atoms with Gasteiger partial charge in [-0.1, -0.05) is 51.1 Å². The summed E-state index contributed by atoms with van der Waals surface area (Å²) in [6.45, 7) is 9.94. The van der Waals surface area contributed by atoms with Crippen molar-refractivity contribution in [1.29, 1.82) is 0 Å². The lowest BCUT2D eigenvalue weighted by atomic mass is 9.80. The Morgan fingerprint density at radius 3 is 2.50 bits per heavy atom. The van der Waals surface area contributed by atoms with E-state index in [1.54, 1.807) is 0 Å². The van der Waals surface area contributed by atoms with Crippen LogP contribution in [0.15, 0.2) is 30.3 Å². The summed E-state index contributed by atoms with van der Waals surface area (Å²) in [5.74, 6) is 0.750. The molecule has 0 amide bonds. The van der Waals surface area contributed by atoms with Crippen LogP contribution in [0.1, 0.15) is 38.9 Å². The van der Waals surface area contributed by atoms with E-state index in [9.17, 15) is 5.11 Å². The molecule has 2 atom stereocenters. The Labute approximate surface area is 111 Å². The zero-order chi connectivity index (χ0) is 13.2. The molecule has 2 heteroatoms. The van der Waals surface area contributed by atoms with E-state index in [4.69, 9.17) is 0 Å². The van der Waals surface area contributed by atoms with Crippen LogP contribution in [0.3, 0.4) is 0 Å². The Kier molecular flexibility index (Phi) is 4.08. The fourth-order valence-electron chi connectivity index (χ4n) is 2.73. The highest BCUT2D eigenvalue weighted by molar-refractivity contribution is 5.17. The lowest BCUT2D eigenvalue weighted by Gasteiger charge is -2.27. The average molecular weight is 247 g/mol. The van der Waals surface area contributed by atoms with Crippen molar-refractivity contribution in [3.63, 3.8) is 0 Å². The first kappa shape index (κ1) is 13.6. The number of nitrogens with zero attached hydrogens (tertiary/aromatic N) is 1. The summed E-state index contributed by atoms with van der Waals surface area (Å²) in [6.07, 6.45) is 0.898. The van der Waals surface area contributed by atoms with E-state index < -0.39 is 0 Å². The van der Waals surface area contributed by atoms with Crippen LogP contribution in [-0.4, -0.2) is 29.6 Å². The molecule has 100 valence electrons. The largest absolute Gasteiger partial charge is 0.387 e. The maximum absolute atomic E-state index is 10.2. The molecule has 0 radical (unpaired) electrons. The second kappa shape index (κ2) is 5.41. The van der Waals surface area contributed by atoms with Gasteiger partial charge in [0.05, 0.1) is 6.10 Å². The number of hydrogen-bond acceptors (Lipinski definition) is 2.